The Morgan fingerprint density at radius 1 is 1.07 bits per heavy atom. The fourth-order valence-electron chi connectivity index (χ4n) is 3.16. The van der Waals surface area contributed by atoms with Gasteiger partial charge in [-0.15, -0.1) is 12.4 Å². The third-order valence-corrected chi connectivity index (χ3v) is 6.61. The minimum Gasteiger partial charge on any atom is -0.386 e. The number of aromatic nitrogens is 2. The molecule has 2 aromatic heterocycles. The van der Waals surface area contributed by atoms with Crippen molar-refractivity contribution in [1.82, 2.24) is 8.96 Å². The number of nitrogens with one attached hydrogen (secondary N) is 2. The van der Waals surface area contributed by atoms with Crippen LogP contribution in [0.1, 0.15) is 5.56 Å². The van der Waals surface area contributed by atoms with E-state index in [1.807, 2.05) is 37.3 Å². The molecule has 30 heavy (non-hydrogen) atoms. The van der Waals surface area contributed by atoms with Gasteiger partial charge in [0, 0.05) is 36.7 Å². The van der Waals surface area contributed by atoms with Crippen molar-refractivity contribution < 1.29 is 8.42 Å². The Balaban J connectivity index is 0.00000256. The Morgan fingerprint density at radius 3 is 2.53 bits per heavy atom. The van der Waals surface area contributed by atoms with Crippen molar-refractivity contribution in [2.45, 2.75) is 11.8 Å². The lowest BCUT2D eigenvalue weighted by molar-refractivity contribution is 0.588. The first-order chi connectivity index (χ1) is 13.9. The molecular weight excluding hydrogens is 443 g/mol. The van der Waals surface area contributed by atoms with Crippen molar-refractivity contribution in [1.29, 1.82) is 0 Å². The van der Waals surface area contributed by atoms with Gasteiger partial charge < -0.3 is 10.6 Å². The molecule has 156 valence electrons. The maximum atomic E-state index is 13.2. The molecule has 6 nitrogen and oxygen atoms in total. The largest absolute Gasteiger partial charge is 0.386 e. The molecule has 4 rings (SSSR count). The number of hydrogen-bond donors (Lipinski definition) is 2. The average Bonchev–Trinajstić information content (AvgIpc) is 3.09. The number of anilines is 3. The summed E-state index contributed by atoms with van der Waals surface area (Å²) in [7, 11) is -2.04. The predicted octanol–water partition coefficient (Wildman–Crippen LogP) is 5.44. The minimum absolute atomic E-state index is 0. The van der Waals surface area contributed by atoms with Crippen molar-refractivity contribution in [2.24, 2.45) is 0 Å². The number of nitrogens with zero attached hydrogens (tertiary/aromatic N) is 2. The van der Waals surface area contributed by atoms with Crippen molar-refractivity contribution in [3.8, 4) is 0 Å². The maximum Gasteiger partial charge on any atom is 0.269 e. The third-order valence-electron chi connectivity index (χ3n) is 4.64. The molecule has 0 amide bonds. The van der Waals surface area contributed by atoms with Gasteiger partial charge in [0.25, 0.3) is 10.0 Å². The normalized spacial score (nSPS) is 11.2. The maximum absolute atomic E-state index is 13.2. The van der Waals surface area contributed by atoms with E-state index in [1.165, 1.54) is 16.2 Å². The third kappa shape index (κ3) is 3.96. The highest BCUT2D eigenvalue weighted by Gasteiger charge is 2.21. The van der Waals surface area contributed by atoms with E-state index >= 15 is 0 Å². The van der Waals surface area contributed by atoms with Crippen molar-refractivity contribution in [3.05, 3.63) is 77.7 Å². The van der Waals surface area contributed by atoms with Crippen LogP contribution in [0.4, 0.5) is 17.1 Å². The molecule has 0 unspecified atom stereocenters. The van der Waals surface area contributed by atoms with Crippen LogP contribution in [0.25, 0.3) is 10.9 Å². The predicted molar refractivity (Wildman–Crippen MR) is 125 cm³/mol. The fraction of sp³-hybridized carbons (Fsp3) is 0.0952. The Bertz CT molecular complexity index is 1310. The Kier molecular flexibility index (Phi) is 6.26. The van der Waals surface area contributed by atoms with E-state index in [0.29, 0.717) is 16.2 Å². The van der Waals surface area contributed by atoms with Crippen LogP contribution in [0.3, 0.4) is 0 Å². The molecule has 0 aliphatic heterocycles. The Morgan fingerprint density at radius 2 is 1.87 bits per heavy atom. The van der Waals surface area contributed by atoms with E-state index in [9.17, 15) is 8.42 Å². The van der Waals surface area contributed by atoms with Gasteiger partial charge in [-0.05, 0) is 55.0 Å². The quantitative estimate of drug-likeness (QED) is 0.412. The van der Waals surface area contributed by atoms with Crippen molar-refractivity contribution in [3.63, 3.8) is 0 Å². The van der Waals surface area contributed by atoms with Crippen LogP contribution in [0.2, 0.25) is 5.02 Å². The van der Waals surface area contributed by atoms with Gasteiger partial charge in [0.05, 0.1) is 21.9 Å². The van der Waals surface area contributed by atoms with Crippen LogP contribution in [-0.4, -0.2) is 24.4 Å². The number of hydrogen-bond acceptors (Lipinski definition) is 5. The first-order valence-electron chi connectivity index (χ1n) is 8.92. The van der Waals surface area contributed by atoms with Gasteiger partial charge in [-0.1, -0.05) is 17.7 Å². The molecule has 0 bridgehead atoms. The van der Waals surface area contributed by atoms with Gasteiger partial charge in [0.15, 0.2) is 0 Å². The summed E-state index contributed by atoms with van der Waals surface area (Å²) < 4.78 is 27.7. The standard InChI is InChI=1S/C21H19ClN4O2S.ClH/c1-14-5-8-19(18(22)10-14)25-15-6-7-17-20(23-2)13-26(21(17)11-15)29(27,28)16-4-3-9-24-12-16;/h3-13,23,25H,1-2H3;1H. The Hall–Kier alpha value is -2.74. The zero-order valence-electron chi connectivity index (χ0n) is 16.3. The van der Waals surface area contributed by atoms with Crippen molar-refractivity contribution in [2.75, 3.05) is 17.7 Å². The first-order valence-corrected chi connectivity index (χ1v) is 10.7. The zero-order chi connectivity index (χ0) is 20.6. The number of halogens is 2. The summed E-state index contributed by atoms with van der Waals surface area (Å²) in [5.41, 5.74) is 3.80. The smallest absolute Gasteiger partial charge is 0.269 e. The highest BCUT2D eigenvalue weighted by atomic mass is 35.5. The van der Waals surface area contributed by atoms with E-state index in [1.54, 1.807) is 31.6 Å². The zero-order valence-corrected chi connectivity index (χ0v) is 18.6. The first kappa shape index (κ1) is 22.0. The van der Waals surface area contributed by atoms with Gasteiger partial charge >= 0.3 is 0 Å². The number of fused-ring (bicyclic) bond motifs is 1. The second-order valence-electron chi connectivity index (χ2n) is 6.62. The summed E-state index contributed by atoms with van der Waals surface area (Å²) in [6, 6.07) is 14.4. The van der Waals surface area contributed by atoms with Crippen LogP contribution >= 0.6 is 24.0 Å². The Labute approximate surface area is 186 Å². The second kappa shape index (κ2) is 8.55. The summed E-state index contributed by atoms with van der Waals surface area (Å²) in [5.74, 6) is 0. The topological polar surface area (TPSA) is 76.0 Å². The molecular formula is C21H20Cl2N4O2S. The lowest BCUT2D eigenvalue weighted by Gasteiger charge is -2.11. The van der Waals surface area contributed by atoms with Crippen LogP contribution in [0.5, 0.6) is 0 Å². The average molecular weight is 463 g/mol. The van der Waals surface area contributed by atoms with E-state index in [2.05, 4.69) is 15.6 Å². The summed E-state index contributed by atoms with van der Waals surface area (Å²) in [6.07, 6.45) is 4.46. The molecule has 0 saturated carbocycles. The van der Waals surface area contributed by atoms with Crippen LogP contribution in [0.15, 0.2) is 72.0 Å². The molecule has 0 spiro atoms. The lowest BCUT2D eigenvalue weighted by atomic mass is 10.2. The molecule has 0 radical (unpaired) electrons. The second-order valence-corrected chi connectivity index (χ2v) is 8.84. The molecule has 2 heterocycles. The van der Waals surface area contributed by atoms with Gasteiger partial charge in [0.2, 0.25) is 0 Å². The summed E-state index contributed by atoms with van der Waals surface area (Å²) in [5, 5.41) is 7.71. The molecule has 4 aromatic rings. The molecule has 0 atom stereocenters. The van der Waals surface area contributed by atoms with Gasteiger partial charge in [0.1, 0.15) is 4.90 Å². The fourth-order valence-corrected chi connectivity index (χ4v) is 4.77. The number of benzene rings is 2. The summed E-state index contributed by atoms with van der Waals surface area (Å²) >= 11 is 6.33. The van der Waals surface area contributed by atoms with Crippen LogP contribution in [0, 0.1) is 6.92 Å². The van der Waals surface area contributed by atoms with E-state index in [0.717, 1.165) is 22.3 Å². The summed E-state index contributed by atoms with van der Waals surface area (Å²) in [4.78, 5) is 4.06. The number of rotatable bonds is 5. The monoisotopic (exact) mass is 462 g/mol. The van der Waals surface area contributed by atoms with Crippen molar-refractivity contribution >= 4 is 62.0 Å². The summed E-state index contributed by atoms with van der Waals surface area (Å²) in [6.45, 7) is 1.97. The number of pyridine rings is 1. The molecule has 2 N–H and O–H groups in total. The van der Waals surface area contributed by atoms with E-state index in [-0.39, 0.29) is 17.3 Å². The molecule has 9 heteroatoms. The van der Waals surface area contributed by atoms with Gasteiger partial charge in [-0.25, -0.2) is 12.4 Å². The number of aryl methyl sites for hydroxylation is 1. The van der Waals surface area contributed by atoms with E-state index in [4.69, 9.17) is 11.6 Å². The minimum atomic E-state index is -3.80. The molecule has 0 aliphatic rings. The molecule has 0 aliphatic carbocycles. The molecule has 0 saturated heterocycles. The van der Waals surface area contributed by atoms with Crippen LogP contribution < -0.4 is 10.6 Å². The van der Waals surface area contributed by atoms with Gasteiger partial charge in [-0.3, -0.25) is 4.98 Å². The van der Waals surface area contributed by atoms with Crippen LogP contribution in [-0.2, 0) is 10.0 Å². The van der Waals surface area contributed by atoms with Gasteiger partial charge in [-0.2, -0.15) is 0 Å². The SMILES string of the molecule is CNc1cn(S(=O)(=O)c2cccnc2)c2cc(Nc3ccc(C)cc3Cl)ccc12.Cl. The van der Waals surface area contributed by atoms with E-state index < -0.39 is 10.0 Å². The lowest BCUT2D eigenvalue weighted by Crippen LogP contribution is -2.12. The highest BCUT2D eigenvalue weighted by molar-refractivity contribution is 7.90. The molecule has 0 fully saturated rings. The highest BCUT2D eigenvalue weighted by Crippen LogP contribution is 2.33. The molecule has 2 aromatic carbocycles.